The van der Waals surface area contributed by atoms with E-state index in [1.807, 2.05) is 6.92 Å². The summed E-state index contributed by atoms with van der Waals surface area (Å²) in [6.07, 6.45) is 1.45. The molecule has 0 atom stereocenters. The number of carboxylic acid groups (broad SMARTS) is 3. The van der Waals surface area contributed by atoms with Crippen molar-refractivity contribution in [2.75, 3.05) is 6.54 Å². The number of nitrogens with one attached hydrogen (secondary N) is 1. The zero-order valence-corrected chi connectivity index (χ0v) is 13.9. The molecule has 0 aliphatic heterocycles. The number of aromatic carboxylic acids is 3. The molecule has 4 N–H and O–H groups in total. The van der Waals surface area contributed by atoms with Gasteiger partial charge in [0.2, 0.25) is 0 Å². The van der Waals surface area contributed by atoms with Crippen LogP contribution in [0, 0.1) is 0 Å². The maximum atomic E-state index is 12.6. The topological polar surface area (TPSA) is 141 Å². The smallest absolute Gasteiger partial charge is 0.337 e. The molecule has 8 heteroatoms. The second kappa shape index (κ2) is 7.64. The van der Waals surface area contributed by atoms with Gasteiger partial charge in [-0.2, -0.15) is 0 Å². The number of rotatable bonds is 7. The van der Waals surface area contributed by atoms with E-state index in [9.17, 15) is 34.5 Å². The van der Waals surface area contributed by atoms with Gasteiger partial charge in [-0.15, -0.1) is 0 Å². The first-order valence-corrected chi connectivity index (χ1v) is 7.88. The van der Waals surface area contributed by atoms with Gasteiger partial charge in [0.25, 0.3) is 5.91 Å². The van der Waals surface area contributed by atoms with Gasteiger partial charge in [-0.25, -0.2) is 14.4 Å². The van der Waals surface area contributed by atoms with E-state index in [0.717, 1.165) is 6.42 Å². The number of carbonyl (C=O) groups is 4. The van der Waals surface area contributed by atoms with Crippen LogP contribution in [0.3, 0.4) is 0 Å². The molecule has 0 spiro atoms. The molecule has 0 aromatic heterocycles. The molecule has 1 amide bonds. The summed E-state index contributed by atoms with van der Waals surface area (Å²) in [5.74, 6) is -5.75. The van der Waals surface area contributed by atoms with Crippen LogP contribution < -0.4 is 5.32 Å². The van der Waals surface area contributed by atoms with Crippen molar-refractivity contribution in [3.05, 3.63) is 46.5 Å². The van der Waals surface area contributed by atoms with E-state index in [1.54, 1.807) is 0 Å². The van der Waals surface area contributed by atoms with E-state index < -0.39 is 40.5 Å². The summed E-state index contributed by atoms with van der Waals surface area (Å²) in [5, 5.41) is 31.1. The van der Waals surface area contributed by atoms with Crippen LogP contribution in [0.1, 0.15) is 61.2 Å². The number of carboxylic acids is 3. The lowest BCUT2D eigenvalue weighted by molar-refractivity contribution is 0.0632. The van der Waals surface area contributed by atoms with Crippen LogP contribution in [-0.2, 0) is 0 Å². The molecule has 0 fully saturated rings. The van der Waals surface area contributed by atoms with E-state index in [0.29, 0.717) is 6.42 Å². The Labute approximate surface area is 148 Å². The van der Waals surface area contributed by atoms with Crippen LogP contribution in [0.4, 0.5) is 0 Å². The molecule has 0 aliphatic carbocycles. The lowest BCUT2D eigenvalue weighted by atomic mass is 9.88. The van der Waals surface area contributed by atoms with Gasteiger partial charge < -0.3 is 20.6 Å². The molecular weight excluding hydrogens is 342 g/mol. The van der Waals surface area contributed by atoms with Crippen LogP contribution in [0.25, 0.3) is 10.8 Å². The molecule has 2 aromatic rings. The van der Waals surface area contributed by atoms with Crippen molar-refractivity contribution in [2.45, 2.75) is 19.8 Å². The molecule has 136 valence electrons. The highest BCUT2D eigenvalue weighted by molar-refractivity contribution is 6.24. The fourth-order valence-corrected chi connectivity index (χ4v) is 2.79. The van der Waals surface area contributed by atoms with Crippen molar-refractivity contribution in [2.24, 2.45) is 0 Å². The highest BCUT2D eigenvalue weighted by atomic mass is 16.4. The molecule has 0 bridgehead atoms. The second-order valence-electron chi connectivity index (χ2n) is 5.57. The van der Waals surface area contributed by atoms with Crippen LogP contribution in [0.2, 0.25) is 0 Å². The van der Waals surface area contributed by atoms with E-state index in [-0.39, 0.29) is 22.9 Å². The summed E-state index contributed by atoms with van der Waals surface area (Å²) in [6, 6.07) is 5.75. The van der Waals surface area contributed by atoms with Gasteiger partial charge in [0.05, 0.1) is 22.3 Å². The average Bonchev–Trinajstić information content (AvgIpc) is 2.58. The third-order valence-corrected chi connectivity index (χ3v) is 3.90. The van der Waals surface area contributed by atoms with Crippen molar-refractivity contribution < 1.29 is 34.5 Å². The molecule has 0 heterocycles. The third-order valence-electron chi connectivity index (χ3n) is 3.90. The first-order chi connectivity index (χ1) is 12.3. The molecule has 2 aromatic carbocycles. The van der Waals surface area contributed by atoms with Crippen molar-refractivity contribution in [3.8, 4) is 0 Å². The summed E-state index contributed by atoms with van der Waals surface area (Å²) < 4.78 is 0. The normalized spacial score (nSPS) is 10.5. The Kier molecular flexibility index (Phi) is 5.56. The standard InChI is InChI=1S/C18H17NO7/c1-2-3-8-19-15(20)11-9-6-4-5-7-10(9)12(16(21)22)14(18(25)26)13(11)17(23)24/h4-7H,2-3,8H2,1H3,(H,19,20)(H,21,22)(H,23,24)(H,25,26). The minimum Gasteiger partial charge on any atom is -0.478 e. The van der Waals surface area contributed by atoms with Gasteiger partial charge in [-0.3, -0.25) is 4.79 Å². The van der Waals surface area contributed by atoms with Crippen molar-refractivity contribution in [1.82, 2.24) is 5.32 Å². The Morgan fingerprint density at radius 2 is 1.27 bits per heavy atom. The van der Waals surface area contributed by atoms with E-state index in [4.69, 9.17) is 0 Å². The highest BCUT2D eigenvalue weighted by Crippen LogP contribution is 2.31. The van der Waals surface area contributed by atoms with Gasteiger partial charge >= 0.3 is 17.9 Å². The summed E-state index contributed by atoms with van der Waals surface area (Å²) in [5.41, 5.74) is -2.76. The molecule has 0 saturated heterocycles. The largest absolute Gasteiger partial charge is 0.478 e. The van der Waals surface area contributed by atoms with Gasteiger partial charge in [0.1, 0.15) is 0 Å². The number of unbranched alkanes of at least 4 members (excludes halogenated alkanes) is 1. The maximum absolute atomic E-state index is 12.6. The molecular formula is C18H17NO7. The Morgan fingerprint density at radius 3 is 1.73 bits per heavy atom. The second-order valence-corrected chi connectivity index (χ2v) is 5.57. The van der Waals surface area contributed by atoms with Crippen LogP contribution in [0.5, 0.6) is 0 Å². The summed E-state index contributed by atoms with van der Waals surface area (Å²) in [4.78, 5) is 47.7. The van der Waals surface area contributed by atoms with Gasteiger partial charge in [0, 0.05) is 6.54 Å². The van der Waals surface area contributed by atoms with E-state index in [2.05, 4.69) is 5.32 Å². The van der Waals surface area contributed by atoms with E-state index >= 15 is 0 Å². The van der Waals surface area contributed by atoms with Gasteiger partial charge in [-0.1, -0.05) is 37.6 Å². The summed E-state index contributed by atoms with van der Waals surface area (Å²) >= 11 is 0. The number of benzene rings is 2. The van der Waals surface area contributed by atoms with Crippen molar-refractivity contribution >= 4 is 34.6 Å². The van der Waals surface area contributed by atoms with Crippen LogP contribution in [0.15, 0.2) is 24.3 Å². The minimum absolute atomic E-state index is 0.0111. The molecule has 26 heavy (non-hydrogen) atoms. The lowest BCUT2D eigenvalue weighted by Crippen LogP contribution is -2.29. The SMILES string of the molecule is CCCCNC(=O)c1c(C(=O)O)c(C(=O)O)c(C(=O)O)c2ccccc12. The van der Waals surface area contributed by atoms with Crippen LogP contribution >= 0.6 is 0 Å². The average molecular weight is 359 g/mol. The summed E-state index contributed by atoms with van der Waals surface area (Å²) in [7, 11) is 0. The maximum Gasteiger partial charge on any atom is 0.337 e. The number of fused-ring (bicyclic) bond motifs is 1. The molecule has 2 rings (SSSR count). The van der Waals surface area contributed by atoms with Crippen molar-refractivity contribution in [3.63, 3.8) is 0 Å². The predicted molar refractivity (Wildman–Crippen MR) is 92.1 cm³/mol. The fraction of sp³-hybridized carbons (Fsp3) is 0.222. The minimum atomic E-state index is -1.73. The lowest BCUT2D eigenvalue weighted by Gasteiger charge is -2.16. The van der Waals surface area contributed by atoms with Gasteiger partial charge in [-0.05, 0) is 17.2 Å². The monoisotopic (exact) mass is 359 g/mol. The first-order valence-electron chi connectivity index (χ1n) is 7.88. The molecule has 0 unspecified atom stereocenters. The summed E-state index contributed by atoms with van der Waals surface area (Å²) in [6.45, 7) is 2.19. The highest BCUT2D eigenvalue weighted by Gasteiger charge is 2.32. The van der Waals surface area contributed by atoms with Gasteiger partial charge in [0.15, 0.2) is 0 Å². The molecule has 0 saturated carbocycles. The zero-order chi connectivity index (χ0) is 19.4. The Hall–Kier alpha value is -3.42. The van der Waals surface area contributed by atoms with Crippen molar-refractivity contribution in [1.29, 1.82) is 0 Å². The number of amides is 1. The fourth-order valence-electron chi connectivity index (χ4n) is 2.79. The van der Waals surface area contributed by atoms with E-state index in [1.165, 1.54) is 24.3 Å². The predicted octanol–water partition coefficient (Wildman–Crippen LogP) is 2.46. The Morgan fingerprint density at radius 1 is 0.808 bits per heavy atom. The number of hydrogen-bond acceptors (Lipinski definition) is 4. The molecule has 0 aliphatic rings. The number of hydrogen-bond donors (Lipinski definition) is 4. The molecule has 8 nitrogen and oxygen atoms in total. The third kappa shape index (κ3) is 3.34. The zero-order valence-electron chi connectivity index (χ0n) is 13.9. The van der Waals surface area contributed by atoms with Crippen LogP contribution in [-0.4, -0.2) is 45.7 Å². The Balaban J connectivity index is 2.94. The molecule has 0 radical (unpaired) electrons. The quantitative estimate of drug-likeness (QED) is 0.556. The Bertz CT molecular complexity index is 917. The number of carbonyl (C=O) groups excluding carboxylic acids is 1. The first kappa shape index (κ1) is 18.9.